The summed E-state index contributed by atoms with van der Waals surface area (Å²) in [6.45, 7) is 1.78. The molecule has 2 aromatic heterocycles. The van der Waals surface area contributed by atoms with E-state index in [1.54, 1.807) is 42.9 Å². The zero-order valence-electron chi connectivity index (χ0n) is 13.4. The Morgan fingerprint density at radius 1 is 1.33 bits per heavy atom. The number of aromatic nitrogens is 4. The van der Waals surface area contributed by atoms with Crippen molar-refractivity contribution in [1.82, 2.24) is 19.6 Å². The van der Waals surface area contributed by atoms with E-state index in [1.165, 1.54) is 28.7 Å². The molecule has 0 saturated heterocycles. The average Bonchev–Trinajstić information content (AvgIpc) is 3.10. The highest BCUT2D eigenvalue weighted by atomic mass is 32.2. The summed E-state index contributed by atoms with van der Waals surface area (Å²) in [5, 5.41) is 11.9. The predicted octanol–water partition coefficient (Wildman–Crippen LogP) is 3.03. The zero-order valence-corrected chi connectivity index (χ0v) is 14.3. The van der Waals surface area contributed by atoms with Crippen molar-refractivity contribution in [2.24, 2.45) is 7.05 Å². The van der Waals surface area contributed by atoms with Crippen LogP contribution in [0.2, 0.25) is 0 Å². The molecule has 1 amide bonds. The first-order valence-corrected chi connectivity index (χ1v) is 8.42. The molecule has 0 aliphatic rings. The number of anilines is 1. The van der Waals surface area contributed by atoms with Gasteiger partial charge in [-0.15, -0.1) is 11.8 Å². The molecule has 3 aromatic rings. The quantitative estimate of drug-likeness (QED) is 0.738. The molecule has 0 saturated carbocycles. The number of carbonyl (C=O) groups is 1. The fourth-order valence-corrected chi connectivity index (χ4v) is 3.08. The minimum atomic E-state index is -0.415. The van der Waals surface area contributed by atoms with Crippen molar-refractivity contribution in [2.75, 3.05) is 11.6 Å². The van der Waals surface area contributed by atoms with Crippen molar-refractivity contribution in [2.45, 2.75) is 11.9 Å². The molecule has 0 spiro atoms. The number of para-hydroxylation sites is 1. The molecule has 6 nitrogen and oxygen atoms in total. The molecule has 1 aromatic carbocycles. The van der Waals surface area contributed by atoms with Gasteiger partial charge in [-0.1, -0.05) is 12.1 Å². The SMILES string of the molecule is CSc1c(C(=O)Nc2cc(C)nn2-c2ccccc2F)cnn1C. The third-order valence-electron chi connectivity index (χ3n) is 3.48. The van der Waals surface area contributed by atoms with Gasteiger partial charge >= 0.3 is 0 Å². The summed E-state index contributed by atoms with van der Waals surface area (Å²) in [7, 11) is 1.77. The third kappa shape index (κ3) is 2.92. The Hall–Kier alpha value is -2.61. The van der Waals surface area contributed by atoms with Crippen molar-refractivity contribution in [3.63, 3.8) is 0 Å². The van der Waals surface area contributed by atoms with E-state index in [1.807, 2.05) is 6.26 Å². The van der Waals surface area contributed by atoms with Gasteiger partial charge in [0.1, 0.15) is 22.3 Å². The Morgan fingerprint density at radius 2 is 2.08 bits per heavy atom. The minimum absolute atomic E-state index is 0.275. The van der Waals surface area contributed by atoms with E-state index in [2.05, 4.69) is 15.5 Å². The van der Waals surface area contributed by atoms with Gasteiger partial charge in [-0.05, 0) is 25.3 Å². The van der Waals surface area contributed by atoms with Crippen molar-refractivity contribution < 1.29 is 9.18 Å². The first-order chi connectivity index (χ1) is 11.5. The Balaban J connectivity index is 1.97. The number of hydrogen-bond donors (Lipinski definition) is 1. The number of aryl methyl sites for hydroxylation is 2. The highest BCUT2D eigenvalue weighted by Gasteiger charge is 2.19. The average molecular weight is 345 g/mol. The summed E-state index contributed by atoms with van der Waals surface area (Å²) >= 11 is 1.43. The van der Waals surface area contributed by atoms with Gasteiger partial charge < -0.3 is 5.32 Å². The molecule has 0 aliphatic carbocycles. The number of rotatable bonds is 4. The molecule has 0 radical (unpaired) electrons. The molecule has 0 aliphatic heterocycles. The summed E-state index contributed by atoms with van der Waals surface area (Å²) in [4.78, 5) is 12.6. The summed E-state index contributed by atoms with van der Waals surface area (Å²) in [5.41, 5.74) is 1.41. The molecule has 1 N–H and O–H groups in total. The maximum Gasteiger partial charge on any atom is 0.261 e. The van der Waals surface area contributed by atoms with Gasteiger partial charge in [-0.3, -0.25) is 9.48 Å². The Morgan fingerprint density at radius 3 is 2.79 bits per heavy atom. The molecular formula is C16H16FN5OS. The minimum Gasteiger partial charge on any atom is -0.306 e. The maximum atomic E-state index is 14.1. The largest absolute Gasteiger partial charge is 0.306 e. The number of carbonyl (C=O) groups excluding carboxylic acids is 1. The van der Waals surface area contributed by atoms with Gasteiger partial charge in [0.15, 0.2) is 0 Å². The Labute approximate surface area is 142 Å². The molecular weight excluding hydrogens is 329 g/mol. The maximum absolute atomic E-state index is 14.1. The van der Waals surface area contributed by atoms with Crippen LogP contribution in [0.1, 0.15) is 16.1 Å². The smallest absolute Gasteiger partial charge is 0.261 e. The van der Waals surface area contributed by atoms with Gasteiger partial charge in [0.2, 0.25) is 0 Å². The van der Waals surface area contributed by atoms with Crippen molar-refractivity contribution in [1.29, 1.82) is 0 Å². The van der Waals surface area contributed by atoms with Crippen LogP contribution in [0.5, 0.6) is 0 Å². The number of benzene rings is 1. The lowest BCUT2D eigenvalue weighted by Gasteiger charge is -2.09. The monoisotopic (exact) mass is 345 g/mol. The van der Waals surface area contributed by atoms with E-state index in [4.69, 9.17) is 0 Å². The van der Waals surface area contributed by atoms with Crippen LogP contribution < -0.4 is 5.32 Å². The summed E-state index contributed by atoms with van der Waals surface area (Å²) in [6.07, 6.45) is 3.39. The molecule has 124 valence electrons. The number of thioether (sulfide) groups is 1. The van der Waals surface area contributed by atoms with Crippen LogP contribution in [0.25, 0.3) is 5.69 Å². The lowest BCUT2D eigenvalue weighted by molar-refractivity contribution is 0.102. The van der Waals surface area contributed by atoms with Gasteiger partial charge in [0.25, 0.3) is 5.91 Å². The van der Waals surface area contributed by atoms with E-state index in [-0.39, 0.29) is 11.6 Å². The first-order valence-electron chi connectivity index (χ1n) is 7.20. The number of nitrogens with zero attached hydrogens (tertiary/aromatic N) is 4. The molecule has 2 heterocycles. The number of halogens is 1. The normalized spacial score (nSPS) is 10.8. The van der Waals surface area contributed by atoms with E-state index in [0.29, 0.717) is 17.1 Å². The Kier molecular flexibility index (Phi) is 4.39. The van der Waals surface area contributed by atoms with Crippen molar-refractivity contribution >= 4 is 23.5 Å². The van der Waals surface area contributed by atoms with E-state index in [0.717, 1.165) is 5.03 Å². The topological polar surface area (TPSA) is 64.7 Å². The van der Waals surface area contributed by atoms with Crippen LogP contribution in [0.4, 0.5) is 10.2 Å². The van der Waals surface area contributed by atoms with Crippen molar-refractivity contribution in [3.05, 3.63) is 53.6 Å². The molecule has 0 bridgehead atoms. The first kappa shape index (κ1) is 16.3. The number of nitrogens with one attached hydrogen (secondary N) is 1. The van der Waals surface area contributed by atoms with Gasteiger partial charge in [0.05, 0.1) is 17.5 Å². The second-order valence-corrected chi connectivity index (χ2v) is 5.97. The van der Waals surface area contributed by atoms with Gasteiger partial charge in [0, 0.05) is 13.1 Å². The van der Waals surface area contributed by atoms with Crippen LogP contribution >= 0.6 is 11.8 Å². The lowest BCUT2D eigenvalue weighted by Crippen LogP contribution is -2.16. The van der Waals surface area contributed by atoms with E-state index in [9.17, 15) is 9.18 Å². The third-order valence-corrected chi connectivity index (χ3v) is 4.35. The number of hydrogen-bond acceptors (Lipinski definition) is 4. The molecule has 0 fully saturated rings. The van der Waals surface area contributed by atoms with Crippen LogP contribution in [-0.4, -0.2) is 31.7 Å². The summed E-state index contributed by atoms with van der Waals surface area (Å²) < 4.78 is 17.1. The lowest BCUT2D eigenvalue weighted by atomic mass is 10.3. The van der Waals surface area contributed by atoms with Crippen LogP contribution in [0.3, 0.4) is 0 Å². The second-order valence-electron chi connectivity index (χ2n) is 5.18. The molecule has 3 rings (SSSR count). The summed E-state index contributed by atoms with van der Waals surface area (Å²) in [5.74, 6) is -0.328. The van der Waals surface area contributed by atoms with Crippen LogP contribution in [-0.2, 0) is 7.05 Å². The predicted molar refractivity (Wildman–Crippen MR) is 91.2 cm³/mol. The fourth-order valence-electron chi connectivity index (χ4n) is 2.40. The molecule has 0 unspecified atom stereocenters. The van der Waals surface area contributed by atoms with E-state index >= 15 is 0 Å². The molecule has 8 heteroatoms. The molecule has 0 atom stereocenters. The standard InChI is InChI=1S/C16H16FN5OS/c1-10-8-14(22(20-10)13-7-5-4-6-12(13)17)19-15(23)11-9-18-21(2)16(11)24-3/h4-9H,1-3H3,(H,19,23). The van der Waals surface area contributed by atoms with Gasteiger partial charge in [-0.25, -0.2) is 9.07 Å². The van der Waals surface area contributed by atoms with E-state index < -0.39 is 5.82 Å². The fraction of sp³-hybridized carbons (Fsp3) is 0.188. The second kappa shape index (κ2) is 6.48. The van der Waals surface area contributed by atoms with Crippen molar-refractivity contribution in [3.8, 4) is 5.69 Å². The molecule has 24 heavy (non-hydrogen) atoms. The highest BCUT2D eigenvalue weighted by Crippen LogP contribution is 2.23. The Bertz CT molecular complexity index is 902. The van der Waals surface area contributed by atoms with Gasteiger partial charge in [-0.2, -0.15) is 10.2 Å². The zero-order chi connectivity index (χ0) is 17.3. The highest BCUT2D eigenvalue weighted by molar-refractivity contribution is 7.98. The number of amides is 1. The van der Waals surface area contributed by atoms with Crippen LogP contribution in [0.15, 0.2) is 41.6 Å². The van der Waals surface area contributed by atoms with Crippen LogP contribution in [0, 0.1) is 12.7 Å². The summed E-state index contributed by atoms with van der Waals surface area (Å²) in [6, 6.07) is 7.97.